The van der Waals surface area contributed by atoms with Crippen LogP contribution in [0.4, 0.5) is 0 Å². The van der Waals surface area contributed by atoms with Gasteiger partial charge in [0.1, 0.15) is 6.10 Å². The molecule has 8 heteroatoms. The van der Waals surface area contributed by atoms with E-state index in [1.165, 1.54) is 0 Å². The van der Waals surface area contributed by atoms with Gasteiger partial charge in [-0.25, -0.2) is 4.79 Å². The van der Waals surface area contributed by atoms with Gasteiger partial charge in [-0.3, -0.25) is 0 Å². The SMILES string of the molecule is C[Si](C)(C)OC[C@H]1OC(=O)[C@H](O[Si](C)(C)C)[C@@H]1O[Si](C)(C)C. The van der Waals surface area contributed by atoms with E-state index in [1.54, 1.807) is 0 Å². The minimum absolute atomic E-state index is 0.310. The van der Waals surface area contributed by atoms with Crippen LogP contribution in [0.25, 0.3) is 0 Å². The molecule has 1 saturated heterocycles. The fraction of sp³-hybridized carbons (Fsp3) is 0.929. The van der Waals surface area contributed by atoms with Gasteiger partial charge in [0.25, 0.3) is 0 Å². The van der Waals surface area contributed by atoms with Crippen molar-refractivity contribution in [3.63, 3.8) is 0 Å². The van der Waals surface area contributed by atoms with Crippen LogP contribution in [-0.2, 0) is 22.8 Å². The molecule has 1 aliphatic rings. The van der Waals surface area contributed by atoms with Gasteiger partial charge in [-0.2, -0.15) is 0 Å². The molecular weight excluding hydrogens is 332 g/mol. The quantitative estimate of drug-likeness (QED) is 0.513. The molecule has 0 bridgehead atoms. The van der Waals surface area contributed by atoms with E-state index in [0.29, 0.717) is 6.61 Å². The van der Waals surface area contributed by atoms with E-state index >= 15 is 0 Å². The Morgan fingerprint density at radius 3 is 1.77 bits per heavy atom. The van der Waals surface area contributed by atoms with Crippen LogP contribution in [-0.4, -0.2) is 55.8 Å². The molecule has 1 fully saturated rings. The normalized spacial score (nSPS) is 27.1. The molecule has 0 N–H and O–H groups in total. The first-order valence-electron chi connectivity index (χ1n) is 7.88. The molecule has 0 aromatic heterocycles. The molecule has 1 heterocycles. The van der Waals surface area contributed by atoms with Crippen LogP contribution in [0.3, 0.4) is 0 Å². The van der Waals surface area contributed by atoms with Crippen molar-refractivity contribution < 1.29 is 22.8 Å². The number of hydrogen-bond acceptors (Lipinski definition) is 5. The van der Waals surface area contributed by atoms with Gasteiger partial charge in [-0.15, -0.1) is 0 Å². The van der Waals surface area contributed by atoms with E-state index in [0.717, 1.165) is 0 Å². The Kier molecular flexibility index (Phi) is 6.25. The van der Waals surface area contributed by atoms with Crippen LogP contribution in [0.15, 0.2) is 0 Å². The van der Waals surface area contributed by atoms with Gasteiger partial charge < -0.3 is 18.0 Å². The summed E-state index contributed by atoms with van der Waals surface area (Å²) in [6.07, 6.45) is -1.34. The summed E-state index contributed by atoms with van der Waals surface area (Å²) in [6.45, 7) is 19.3. The van der Waals surface area contributed by atoms with Crippen molar-refractivity contribution in [1.29, 1.82) is 0 Å². The molecular formula is C14H32O5Si3. The highest BCUT2D eigenvalue weighted by Gasteiger charge is 2.49. The maximum atomic E-state index is 12.2. The van der Waals surface area contributed by atoms with E-state index in [1.807, 2.05) is 0 Å². The summed E-state index contributed by atoms with van der Waals surface area (Å²) in [6, 6.07) is 0. The molecule has 22 heavy (non-hydrogen) atoms. The number of hydrogen-bond donors (Lipinski definition) is 0. The predicted octanol–water partition coefficient (Wildman–Crippen LogP) is 3.20. The maximum Gasteiger partial charge on any atom is 0.337 e. The Morgan fingerprint density at radius 2 is 1.36 bits per heavy atom. The van der Waals surface area contributed by atoms with E-state index in [9.17, 15) is 4.79 Å². The second-order valence-electron chi connectivity index (χ2n) is 8.74. The van der Waals surface area contributed by atoms with Gasteiger partial charge in [0.2, 0.25) is 0 Å². The predicted molar refractivity (Wildman–Crippen MR) is 95.6 cm³/mol. The molecule has 0 aromatic rings. The van der Waals surface area contributed by atoms with Crippen molar-refractivity contribution in [3.8, 4) is 0 Å². The zero-order valence-electron chi connectivity index (χ0n) is 15.5. The van der Waals surface area contributed by atoms with Gasteiger partial charge in [-0.05, 0) is 58.9 Å². The summed E-state index contributed by atoms with van der Waals surface area (Å²) in [5.74, 6) is -0.310. The summed E-state index contributed by atoms with van der Waals surface area (Å²) in [5.41, 5.74) is 0. The third-order valence-corrected chi connectivity index (χ3v) is 5.79. The average Bonchev–Trinajstić information content (AvgIpc) is 2.49. The molecule has 1 aliphatic heterocycles. The van der Waals surface area contributed by atoms with Gasteiger partial charge in [0.05, 0.1) is 6.61 Å². The smallest absolute Gasteiger partial charge is 0.337 e. The van der Waals surface area contributed by atoms with Gasteiger partial charge in [-0.1, -0.05) is 0 Å². The zero-order valence-corrected chi connectivity index (χ0v) is 18.5. The lowest BCUT2D eigenvalue weighted by atomic mass is 10.1. The molecule has 3 atom stereocenters. The highest BCUT2D eigenvalue weighted by atomic mass is 28.4. The summed E-state index contributed by atoms with van der Waals surface area (Å²) in [4.78, 5) is 12.2. The third-order valence-electron chi connectivity index (χ3n) is 2.82. The largest absolute Gasteiger partial charge is 0.455 e. The summed E-state index contributed by atoms with van der Waals surface area (Å²) in [7, 11) is -5.37. The second kappa shape index (κ2) is 6.86. The number of rotatable bonds is 7. The monoisotopic (exact) mass is 364 g/mol. The molecule has 0 aromatic carbocycles. The lowest BCUT2D eigenvalue weighted by molar-refractivity contribution is -0.147. The molecule has 1 rings (SSSR count). The van der Waals surface area contributed by atoms with Crippen LogP contribution in [0.2, 0.25) is 58.9 Å². The topological polar surface area (TPSA) is 54.0 Å². The summed E-state index contributed by atoms with van der Waals surface area (Å²) < 4.78 is 23.7. The van der Waals surface area contributed by atoms with Gasteiger partial charge in [0.15, 0.2) is 37.2 Å². The average molecular weight is 365 g/mol. The maximum absolute atomic E-state index is 12.2. The Morgan fingerprint density at radius 1 is 0.864 bits per heavy atom. The zero-order chi connectivity index (χ0) is 17.3. The number of carbonyl (C=O) groups is 1. The minimum atomic E-state index is -1.87. The molecule has 5 nitrogen and oxygen atoms in total. The van der Waals surface area contributed by atoms with Crippen molar-refractivity contribution in [2.45, 2.75) is 77.2 Å². The van der Waals surface area contributed by atoms with E-state index in [4.69, 9.17) is 18.0 Å². The molecule has 130 valence electrons. The molecule has 0 aliphatic carbocycles. The summed E-state index contributed by atoms with van der Waals surface area (Å²) in [5, 5.41) is 0. The highest BCUT2D eigenvalue weighted by Crippen LogP contribution is 2.28. The van der Waals surface area contributed by atoms with E-state index in [2.05, 4.69) is 58.9 Å². The van der Waals surface area contributed by atoms with Crippen LogP contribution >= 0.6 is 0 Å². The lowest BCUT2D eigenvalue weighted by Gasteiger charge is -2.32. The standard InChI is InChI=1S/C14H32O5Si3/c1-20(2,3)16-10-11-12(18-21(4,5)6)13(14(15)17-11)19-22(7,8)9/h11-13H,10H2,1-9H3/t11-,12-,13-/m1/s1. The number of ether oxygens (including phenoxy) is 1. The molecule has 0 spiro atoms. The first kappa shape index (κ1) is 20.0. The Hall–Kier alpha value is 0.000649. The number of esters is 1. The second-order valence-corrected chi connectivity index (χ2v) is 22.2. The van der Waals surface area contributed by atoms with Crippen LogP contribution < -0.4 is 0 Å². The van der Waals surface area contributed by atoms with Crippen molar-refractivity contribution in [2.75, 3.05) is 6.61 Å². The van der Waals surface area contributed by atoms with Crippen LogP contribution in [0.1, 0.15) is 0 Å². The van der Waals surface area contributed by atoms with Crippen molar-refractivity contribution in [2.24, 2.45) is 0 Å². The molecule has 0 unspecified atom stereocenters. The minimum Gasteiger partial charge on any atom is -0.455 e. The Balaban J connectivity index is 2.89. The summed E-state index contributed by atoms with van der Waals surface area (Å²) >= 11 is 0. The number of cyclic esters (lactones) is 1. The Labute approximate surface area is 138 Å². The third kappa shape index (κ3) is 7.05. The Bertz CT molecular complexity index is 395. The van der Waals surface area contributed by atoms with Crippen molar-refractivity contribution in [3.05, 3.63) is 0 Å². The molecule has 0 amide bonds. The van der Waals surface area contributed by atoms with Crippen molar-refractivity contribution >= 4 is 30.9 Å². The molecule has 0 saturated carbocycles. The highest BCUT2D eigenvalue weighted by molar-refractivity contribution is 6.70. The van der Waals surface area contributed by atoms with Crippen LogP contribution in [0.5, 0.6) is 0 Å². The van der Waals surface area contributed by atoms with Crippen molar-refractivity contribution in [1.82, 2.24) is 0 Å². The molecule has 0 radical (unpaired) electrons. The van der Waals surface area contributed by atoms with Gasteiger partial charge in [0, 0.05) is 0 Å². The van der Waals surface area contributed by atoms with E-state index in [-0.39, 0.29) is 18.2 Å². The van der Waals surface area contributed by atoms with Gasteiger partial charge >= 0.3 is 5.97 Å². The number of carbonyl (C=O) groups excluding carboxylic acids is 1. The fourth-order valence-electron chi connectivity index (χ4n) is 2.12. The first-order chi connectivity index (χ1) is 9.68. The van der Waals surface area contributed by atoms with Crippen LogP contribution in [0, 0.1) is 0 Å². The lowest BCUT2D eigenvalue weighted by Crippen LogP contribution is -2.48. The first-order valence-corrected chi connectivity index (χ1v) is 18.1. The fourth-order valence-corrected chi connectivity index (χ4v) is 4.86. The van der Waals surface area contributed by atoms with E-state index < -0.39 is 31.1 Å².